The highest BCUT2D eigenvalue weighted by molar-refractivity contribution is 7.97. The van der Waals surface area contributed by atoms with Crippen LogP contribution in [0.15, 0.2) is 12.1 Å². The van der Waals surface area contributed by atoms with Crippen LogP contribution in [-0.4, -0.2) is 19.9 Å². The first kappa shape index (κ1) is 8.81. The Kier molecular flexibility index (Phi) is 2.88. The summed E-state index contributed by atoms with van der Waals surface area (Å²) in [5, 5.41) is 26.5. The van der Waals surface area contributed by atoms with Gasteiger partial charge in [-0.3, -0.25) is 0 Å². The van der Waals surface area contributed by atoms with Gasteiger partial charge in [0.25, 0.3) is 0 Å². The lowest BCUT2D eigenvalue weighted by Crippen LogP contribution is -1.87. The van der Waals surface area contributed by atoms with Gasteiger partial charge in [-0.2, -0.15) is 5.26 Å². The Bertz CT molecular complexity index is 283. The molecule has 2 N–H and O–H groups in total. The fraction of sp³-hybridized carbons (Fsp3) is 0.286. The maximum Gasteiger partial charge on any atom is 0.204 e. The molecule has 0 unspecified atom stereocenters. The summed E-state index contributed by atoms with van der Waals surface area (Å²) in [6, 6.07) is 4.77. The number of nitrogens with zero attached hydrogens (tertiary/aromatic N) is 2. The van der Waals surface area contributed by atoms with E-state index in [2.05, 4.69) is 0 Å². The molecule has 0 bridgehead atoms. The Balaban J connectivity index is 2.57. The molecule has 1 rings (SSSR count). The Labute approximate surface area is 74.2 Å². The molecule has 0 amide bonds. The smallest absolute Gasteiger partial charge is 0.204 e. The molecule has 0 aliphatic heterocycles. The average molecular weight is 184 g/mol. The van der Waals surface area contributed by atoms with Crippen LogP contribution in [0.25, 0.3) is 0 Å². The molecule has 1 aromatic rings. The van der Waals surface area contributed by atoms with E-state index in [1.165, 1.54) is 28.1 Å². The number of aromatic nitrogens is 1. The molecule has 0 saturated heterocycles. The minimum absolute atomic E-state index is 0.00422. The minimum atomic E-state index is -0.00422. The van der Waals surface area contributed by atoms with Gasteiger partial charge >= 0.3 is 0 Å². The van der Waals surface area contributed by atoms with Crippen molar-refractivity contribution in [1.82, 2.24) is 3.97 Å². The lowest BCUT2D eigenvalue weighted by atomic mass is 10.6. The van der Waals surface area contributed by atoms with Gasteiger partial charge in [-0.25, -0.2) is 3.97 Å². The Morgan fingerprint density at radius 1 is 1.42 bits per heavy atom. The van der Waals surface area contributed by atoms with E-state index in [1.807, 2.05) is 6.07 Å². The molecule has 0 aliphatic carbocycles. The highest BCUT2D eigenvalue weighted by atomic mass is 32.2. The van der Waals surface area contributed by atoms with Crippen LogP contribution in [-0.2, 0) is 0 Å². The van der Waals surface area contributed by atoms with Crippen molar-refractivity contribution in [2.45, 2.75) is 6.42 Å². The third-order valence-corrected chi connectivity index (χ3v) is 2.25. The van der Waals surface area contributed by atoms with Crippen LogP contribution in [0.5, 0.6) is 11.8 Å². The van der Waals surface area contributed by atoms with E-state index >= 15 is 0 Å². The second-order valence-electron chi connectivity index (χ2n) is 2.09. The number of rotatable bonds is 3. The Hall–Kier alpha value is -1.28. The standard InChI is InChI=1S/C7H8N2O2S/c8-4-1-5-12-9-6(10)2-3-7(9)11/h2-3,10-11H,1,5H2. The lowest BCUT2D eigenvalue weighted by Gasteiger charge is -2.02. The molecule has 12 heavy (non-hydrogen) atoms. The first-order chi connectivity index (χ1) is 5.75. The zero-order chi connectivity index (χ0) is 8.97. The van der Waals surface area contributed by atoms with Crippen molar-refractivity contribution in [2.24, 2.45) is 0 Å². The van der Waals surface area contributed by atoms with Gasteiger partial charge in [-0.1, -0.05) is 0 Å². The van der Waals surface area contributed by atoms with Gasteiger partial charge in [-0.05, 0) is 11.9 Å². The maximum absolute atomic E-state index is 9.13. The van der Waals surface area contributed by atoms with Crippen LogP contribution >= 0.6 is 11.9 Å². The van der Waals surface area contributed by atoms with E-state index in [4.69, 9.17) is 15.5 Å². The van der Waals surface area contributed by atoms with Gasteiger partial charge in [0.2, 0.25) is 11.8 Å². The average Bonchev–Trinajstić information content (AvgIpc) is 2.35. The highest BCUT2D eigenvalue weighted by Gasteiger charge is 2.04. The third kappa shape index (κ3) is 1.86. The second kappa shape index (κ2) is 3.93. The first-order valence-electron chi connectivity index (χ1n) is 3.35. The summed E-state index contributed by atoms with van der Waals surface area (Å²) in [6.45, 7) is 0. The molecular weight excluding hydrogens is 176 g/mol. The largest absolute Gasteiger partial charge is 0.494 e. The summed E-state index contributed by atoms with van der Waals surface area (Å²) in [6.07, 6.45) is 0.391. The predicted octanol–water partition coefficient (Wildman–Crippen LogP) is 1.31. The fourth-order valence-electron chi connectivity index (χ4n) is 0.717. The molecule has 0 spiro atoms. The van der Waals surface area contributed by atoms with Gasteiger partial charge in [0.15, 0.2) is 0 Å². The van der Waals surface area contributed by atoms with Crippen molar-refractivity contribution in [3.8, 4) is 17.8 Å². The van der Waals surface area contributed by atoms with Crippen LogP contribution in [0.3, 0.4) is 0 Å². The zero-order valence-corrected chi connectivity index (χ0v) is 7.08. The van der Waals surface area contributed by atoms with Gasteiger partial charge in [-0.15, -0.1) is 0 Å². The third-order valence-electron chi connectivity index (χ3n) is 1.23. The molecule has 0 saturated carbocycles. The van der Waals surface area contributed by atoms with E-state index in [9.17, 15) is 0 Å². The van der Waals surface area contributed by atoms with Gasteiger partial charge in [0.1, 0.15) is 0 Å². The molecule has 0 aliphatic rings. The van der Waals surface area contributed by atoms with E-state index < -0.39 is 0 Å². The van der Waals surface area contributed by atoms with E-state index in [0.717, 1.165) is 0 Å². The van der Waals surface area contributed by atoms with Crippen molar-refractivity contribution in [2.75, 3.05) is 5.75 Å². The predicted molar refractivity (Wildman–Crippen MR) is 45.8 cm³/mol. The molecule has 64 valence electrons. The van der Waals surface area contributed by atoms with Crippen LogP contribution in [0.2, 0.25) is 0 Å². The summed E-state index contributed by atoms with van der Waals surface area (Å²) in [4.78, 5) is 0. The normalized spacial score (nSPS) is 9.58. The fourth-order valence-corrected chi connectivity index (χ4v) is 1.47. The Morgan fingerprint density at radius 2 is 2.00 bits per heavy atom. The quantitative estimate of drug-likeness (QED) is 0.695. The lowest BCUT2D eigenvalue weighted by molar-refractivity contribution is 0.416. The van der Waals surface area contributed by atoms with Gasteiger partial charge in [0, 0.05) is 24.3 Å². The van der Waals surface area contributed by atoms with Crippen molar-refractivity contribution >= 4 is 11.9 Å². The van der Waals surface area contributed by atoms with Crippen LogP contribution < -0.4 is 0 Å². The first-order valence-corrected chi connectivity index (χ1v) is 4.30. The van der Waals surface area contributed by atoms with Gasteiger partial charge < -0.3 is 10.2 Å². The summed E-state index contributed by atoms with van der Waals surface area (Å²) >= 11 is 1.20. The zero-order valence-electron chi connectivity index (χ0n) is 6.27. The monoisotopic (exact) mass is 184 g/mol. The van der Waals surface area contributed by atoms with Gasteiger partial charge in [0.05, 0.1) is 6.07 Å². The summed E-state index contributed by atoms with van der Waals surface area (Å²) in [5.74, 6) is 0.539. The molecule has 5 heteroatoms. The van der Waals surface area contributed by atoms with Crippen LogP contribution in [0.1, 0.15) is 6.42 Å². The number of nitriles is 1. The number of aromatic hydroxyl groups is 2. The molecular formula is C7H8N2O2S. The highest BCUT2D eigenvalue weighted by Crippen LogP contribution is 2.27. The van der Waals surface area contributed by atoms with Crippen molar-refractivity contribution in [3.63, 3.8) is 0 Å². The van der Waals surface area contributed by atoms with Crippen molar-refractivity contribution in [3.05, 3.63) is 12.1 Å². The summed E-state index contributed by atoms with van der Waals surface area (Å²) in [5.41, 5.74) is 0. The molecule has 4 nitrogen and oxygen atoms in total. The molecule has 0 radical (unpaired) electrons. The number of hydrogen-bond acceptors (Lipinski definition) is 4. The summed E-state index contributed by atoms with van der Waals surface area (Å²) < 4.78 is 1.28. The second-order valence-corrected chi connectivity index (χ2v) is 3.12. The van der Waals surface area contributed by atoms with Crippen LogP contribution in [0, 0.1) is 11.3 Å². The van der Waals surface area contributed by atoms with E-state index in [-0.39, 0.29) is 11.8 Å². The summed E-state index contributed by atoms with van der Waals surface area (Å²) in [7, 11) is 0. The minimum Gasteiger partial charge on any atom is -0.494 e. The topological polar surface area (TPSA) is 69.2 Å². The van der Waals surface area contributed by atoms with Crippen LogP contribution in [0.4, 0.5) is 0 Å². The molecule has 0 aromatic carbocycles. The Morgan fingerprint density at radius 3 is 2.50 bits per heavy atom. The SMILES string of the molecule is N#CCCSn1c(O)ccc1O. The van der Waals surface area contributed by atoms with Crippen molar-refractivity contribution < 1.29 is 10.2 Å². The van der Waals surface area contributed by atoms with E-state index in [0.29, 0.717) is 12.2 Å². The number of hydrogen-bond donors (Lipinski definition) is 2. The molecule has 0 fully saturated rings. The van der Waals surface area contributed by atoms with E-state index in [1.54, 1.807) is 0 Å². The molecule has 1 heterocycles. The van der Waals surface area contributed by atoms with Crippen molar-refractivity contribution in [1.29, 1.82) is 5.26 Å². The molecule has 1 aromatic heterocycles. The maximum atomic E-state index is 9.13. The molecule has 0 atom stereocenters.